The Hall–Kier alpha value is -2.31. The summed E-state index contributed by atoms with van der Waals surface area (Å²) >= 11 is 0. The fourth-order valence-corrected chi connectivity index (χ4v) is 3.13. The highest BCUT2D eigenvalue weighted by Gasteiger charge is 2.31. The lowest BCUT2D eigenvalue weighted by Gasteiger charge is -2.39. The second-order valence-electron chi connectivity index (χ2n) is 6.43. The van der Waals surface area contributed by atoms with E-state index in [9.17, 15) is 14.4 Å². The van der Waals surface area contributed by atoms with Crippen molar-refractivity contribution in [2.24, 2.45) is 0 Å². The second kappa shape index (κ2) is 8.18. The molecule has 1 aliphatic heterocycles. The van der Waals surface area contributed by atoms with Crippen molar-refractivity contribution in [2.45, 2.75) is 46.1 Å². The number of furan rings is 1. The van der Waals surface area contributed by atoms with E-state index in [1.165, 1.54) is 0 Å². The van der Waals surface area contributed by atoms with E-state index >= 15 is 0 Å². The molecule has 7 nitrogen and oxygen atoms in total. The predicted molar refractivity (Wildman–Crippen MR) is 93.2 cm³/mol. The van der Waals surface area contributed by atoms with E-state index in [-0.39, 0.29) is 36.6 Å². The van der Waals surface area contributed by atoms with Gasteiger partial charge in [0.1, 0.15) is 5.76 Å². The van der Waals surface area contributed by atoms with Gasteiger partial charge in [-0.15, -0.1) is 0 Å². The summed E-state index contributed by atoms with van der Waals surface area (Å²) in [5.74, 6) is 0.868. The van der Waals surface area contributed by atoms with Crippen LogP contribution in [-0.2, 0) is 16.0 Å². The highest BCUT2D eigenvalue weighted by molar-refractivity contribution is 5.92. The van der Waals surface area contributed by atoms with Crippen LogP contribution in [0, 0.1) is 6.92 Å². The lowest BCUT2D eigenvalue weighted by atomic mass is 10.1. The third-order valence-electron chi connectivity index (χ3n) is 4.63. The Kier molecular flexibility index (Phi) is 6.22. The Morgan fingerprint density at radius 2 is 2.00 bits per heavy atom. The monoisotopic (exact) mass is 349 g/mol. The summed E-state index contributed by atoms with van der Waals surface area (Å²) in [6, 6.07) is 1.70. The fourth-order valence-electron chi connectivity index (χ4n) is 3.13. The molecular formula is C18H27N3O4. The average Bonchev–Trinajstić information content (AvgIpc) is 2.99. The fraction of sp³-hybridized carbons (Fsp3) is 0.611. The number of hydrogen-bond donors (Lipinski definition) is 1. The van der Waals surface area contributed by atoms with Crippen molar-refractivity contribution < 1.29 is 18.8 Å². The molecule has 1 N–H and O–H groups in total. The third-order valence-corrected chi connectivity index (χ3v) is 4.63. The first-order valence-corrected chi connectivity index (χ1v) is 8.76. The molecule has 1 fully saturated rings. The third kappa shape index (κ3) is 4.41. The largest absolute Gasteiger partial charge is 0.456 e. The van der Waals surface area contributed by atoms with Gasteiger partial charge in [0.05, 0.1) is 0 Å². The van der Waals surface area contributed by atoms with E-state index in [1.807, 2.05) is 20.8 Å². The first kappa shape index (κ1) is 19.0. The van der Waals surface area contributed by atoms with Crippen LogP contribution in [-0.4, -0.2) is 60.2 Å². The Morgan fingerprint density at radius 1 is 1.28 bits per heavy atom. The molecule has 0 radical (unpaired) electrons. The van der Waals surface area contributed by atoms with Gasteiger partial charge < -0.3 is 19.5 Å². The Morgan fingerprint density at radius 3 is 2.56 bits per heavy atom. The first-order valence-electron chi connectivity index (χ1n) is 8.76. The van der Waals surface area contributed by atoms with Crippen LogP contribution in [0.25, 0.3) is 0 Å². The van der Waals surface area contributed by atoms with Gasteiger partial charge in [-0.05, 0) is 25.5 Å². The minimum atomic E-state index is -0.144. The lowest BCUT2D eigenvalue weighted by molar-refractivity contribution is -0.137. The lowest BCUT2D eigenvalue weighted by Crippen LogP contribution is -2.55. The summed E-state index contributed by atoms with van der Waals surface area (Å²) in [6.07, 6.45) is 1.13. The molecule has 0 bridgehead atoms. The molecule has 0 saturated carbocycles. The molecule has 0 unspecified atom stereocenters. The molecular weight excluding hydrogens is 322 g/mol. The maximum atomic E-state index is 12.6. The molecule has 1 aromatic heterocycles. The van der Waals surface area contributed by atoms with Crippen molar-refractivity contribution in [1.29, 1.82) is 0 Å². The number of nitrogens with zero attached hydrogens (tertiary/aromatic N) is 2. The summed E-state index contributed by atoms with van der Waals surface area (Å²) in [5, 5.41) is 2.51. The van der Waals surface area contributed by atoms with Crippen LogP contribution in [0.3, 0.4) is 0 Å². The van der Waals surface area contributed by atoms with Crippen LogP contribution in [0.4, 0.5) is 0 Å². The number of aryl methyl sites for hydroxylation is 2. The summed E-state index contributed by atoms with van der Waals surface area (Å²) in [6.45, 7) is 7.25. The summed E-state index contributed by atoms with van der Waals surface area (Å²) in [7, 11) is 1.56. The molecule has 138 valence electrons. The van der Waals surface area contributed by atoms with Gasteiger partial charge in [-0.3, -0.25) is 14.4 Å². The van der Waals surface area contributed by atoms with Crippen LogP contribution in [0.2, 0.25) is 0 Å². The Bertz CT molecular complexity index is 653. The SMILES string of the molecule is CCc1oc(C(=O)N2CCN(C(=O)CCC(=O)NC)[C@H](C)C2)cc1C. The predicted octanol–water partition coefficient (Wildman–Crippen LogP) is 1.35. The number of nitrogens with one attached hydrogen (secondary N) is 1. The second-order valence-corrected chi connectivity index (χ2v) is 6.43. The van der Waals surface area contributed by atoms with Crippen LogP contribution in [0.5, 0.6) is 0 Å². The number of hydrogen-bond acceptors (Lipinski definition) is 4. The molecule has 2 heterocycles. The zero-order valence-corrected chi connectivity index (χ0v) is 15.4. The summed E-state index contributed by atoms with van der Waals surface area (Å²) < 4.78 is 5.65. The van der Waals surface area contributed by atoms with Crippen LogP contribution in [0.1, 0.15) is 48.6 Å². The average molecular weight is 349 g/mol. The van der Waals surface area contributed by atoms with Gasteiger partial charge in [0.15, 0.2) is 5.76 Å². The minimum absolute atomic E-state index is 0.0506. The zero-order valence-electron chi connectivity index (χ0n) is 15.4. The van der Waals surface area contributed by atoms with Crippen LogP contribution < -0.4 is 5.32 Å². The number of amides is 3. The molecule has 2 rings (SSSR count). The van der Waals surface area contributed by atoms with Crippen molar-refractivity contribution in [3.63, 3.8) is 0 Å². The summed E-state index contributed by atoms with van der Waals surface area (Å²) in [5.41, 5.74) is 0.988. The van der Waals surface area contributed by atoms with Gasteiger partial charge in [-0.25, -0.2) is 0 Å². The molecule has 1 aromatic rings. The normalized spacial score (nSPS) is 17.5. The van der Waals surface area contributed by atoms with Crippen LogP contribution >= 0.6 is 0 Å². The van der Waals surface area contributed by atoms with Crippen molar-refractivity contribution >= 4 is 17.7 Å². The standard InChI is InChI=1S/C18H27N3O4/c1-5-14-12(2)10-15(25-14)18(24)20-8-9-21(13(3)11-20)17(23)7-6-16(22)19-4/h10,13H,5-9,11H2,1-4H3,(H,19,22)/t13-/m1/s1. The molecule has 1 saturated heterocycles. The van der Waals surface area contributed by atoms with Gasteiger partial charge in [-0.1, -0.05) is 6.92 Å². The number of carbonyl (C=O) groups excluding carboxylic acids is 3. The van der Waals surface area contributed by atoms with Gasteiger partial charge in [0.25, 0.3) is 5.91 Å². The van der Waals surface area contributed by atoms with E-state index in [0.29, 0.717) is 25.4 Å². The molecule has 7 heteroatoms. The van der Waals surface area contributed by atoms with Crippen LogP contribution in [0.15, 0.2) is 10.5 Å². The topological polar surface area (TPSA) is 82.9 Å². The highest BCUT2D eigenvalue weighted by Crippen LogP contribution is 2.19. The van der Waals surface area contributed by atoms with E-state index < -0.39 is 0 Å². The molecule has 1 atom stereocenters. The van der Waals surface area contributed by atoms with Gasteiger partial charge >= 0.3 is 0 Å². The zero-order chi connectivity index (χ0) is 18.6. The van der Waals surface area contributed by atoms with E-state index in [4.69, 9.17) is 4.42 Å². The first-order chi connectivity index (χ1) is 11.9. The molecule has 0 aliphatic carbocycles. The van der Waals surface area contributed by atoms with E-state index in [1.54, 1.807) is 22.9 Å². The van der Waals surface area contributed by atoms with E-state index in [0.717, 1.165) is 17.7 Å². The quantitative estimate of drug-likeness (QED) is 0.870. The minimum Gasteiger partial charge on any atom is -0.456 e. The maximum absolute atomic E-state index is 12.6. The molecule has 1 aliphatic rings. The Balaban J connectivity index is 1.95. The molecule has 0 aromatic carbocycles. The van der Waals surface area contributed by atoms with Gasteiger partial charge in [0, 0.05) is 52.0 Å². The van der Waals surface area contributed by atoms with E-state index in [2.05, 4.69) is 5.32 Å². The van der Waals surface area contributed by atoms with Crippen molar-refractivity contribution in [2.75, 3.05) is 26.7 Å². The van der Waals surface area contributed by atoms with Gasteiger partial charge in [-0.2, -0.15) is 0 Å². The molecule has 0 spiro atoms. The van der Waals surface area contributed by atoms with Gasteiger partial charge in [0.2, 0.25) is 11.8 Å². The van der Waals surface area contributed by atoms with Crippen molar-refractivity contribution in [3.05, 3.63) is 23.2 Å². The smallest absolute Gasteiger partial charge is 0.289 e. The number of rotatable bonds is 5. The van der Waals surface area contributed by atoms with Crippen molar-refractivity contribution in [1.82, 2.24) is 15.1 Å². The molecule has 3 amide bonds. The number of carbonyl (C=O) groups is 3. The molecule has 25 heavy (non-hydrogen) atoms. The highest BCUT2D eigenvalue weighted by atomic mass is 16.4. The van der Waals surface area contributed by atoms with Crippen molar-refractivity contribution in [3.8, 4) is 0 Å². The Labute approximate surface area is 148 Å². The number of piperazine rings is 1. The summed E-state index contributed by atoms with van der Waals surface area (Å²) in [4.78, 5) is 39.7. The maximum Gasteiger partial charge on any atom is 0.289 e.